The first-order chi connectivity index (χ1) is 11.6. The van der Waals surface area contributed by atoms with Crippen molar-refractivity contribution >= 4 is 11.8 Å². The van der Waals surface area contributed by atoms with Crippen molar-refractivity contribution in [1.29, 1.82) is 0 Å². The smallest absolute Gasteiger partial charge is 0.407 e. The Hall–Kier alpha value is -2.63. The van der Waals surface area contributed by atoms with Gasteiger partial charge in [0.25, 0.3) is 0 Å². The lowest BCUT2D eigenvalue weighted by molar-refractivity contribution is 0.129. The van der Waals surface area contributed by atoms with Crippen LogP contribution in [0.15, 0.2) is 48.5 Å². The predicted octanol–water partition coefficient (Wildman–Crippen LogP) is 3.83. The third-order valence-corrected chi connectivity index (χ3v) is 3.96. The van der Waals surface area contributed by atoms with Crippen LogP contribution in [-0.4, -0.2) is 18.2 Å². The Bertz CT molecular complexity index is 703. The van der Waals surface area contributed by atoms with E-state index in [4.69, 9.17) is 4.74 Å². The molecule has 2 aromatic carbocycles. The zero-order valence-corrected chi connectivity index (χ0v) is 13.0. The second-order valence-corrected chi connectivity index (χ2v) is 5.84. The van der Waals surface area contributed by atoms with E-state index in [0.717, 1.165) is 17.7 Å². The van der Waals surface area contributed by atoms with Gasteiger partial charge in [-0.2, -0.15) is 0 Å². The van der Waals surface area contributed by atoms with Gasteiger partial charge in [0.2, 0.25) is 0 Å². The van der Waals surface area contributed by atoms with Gasteiger partial charge >= 0.3 is 6.09 Å². The lowest BCUT2D eigenvalue weighted by Crippen LogP contribution is -2.49. The Morgan fingerprint density at radius 1 is 1.04 bits per heavy atom. The Labute approximate surface area is 138 Å². The summed E-state index contributed by atoms with van der Waals surface area (Å²) >= 11 is 0. The fourth-order valence-electron chi connectivity index (χ4n) is 2.61. The monoisotopic (exact) mass is 332 g/mol. The van der Waals surface area contributed by atoms with Crippen LogP contribution < -0.4 is 10.6 Å². The van der Waals surface area contributed by atoms with Crippen molar-refractivity contribution in [1.82, 2.24) is 5.32 Å². The number of nitrogens with one attached hydrogen (secondary N) is 2. The average Bonchev–Trinajstić information content (AvgIpc) is 2.55. The minimum atomic E-state index is -0.876. The van der Waals surface area contributed by atoms with Crippen LogP contribution in [-0.2, 0) is 11.3 Å². The van der Waals surface area contributed by atoms with Crippen molar-refractivity contribution < 1.29 is 18.3 Å². The first-order valence-corrected chi connectivity index (χ1v) is 7.79. The summed E-state index contributed by atoms with van der Waals surface area (Å²) in [7, 11) is 0. The number of carbonyl (C=O) groups excluding carboxylic acids is 1. The number of alkyl carbamates (subject to hydrolysis) is 1. The van der Waals surface area contributed by atoms with Gasteiger partial charge in [0.05, 0.1) is 0 Å². The molecule has 0 heterocycles. The van der Waals surface area contributed by atoms with Crippen LogP contribution in [0.1, 0.15) is 18.4 Å². The van der Waals surface area contributed by atoms with E-state index in [0.29, 0.717) is 18.5 Å². The standard InChI is InChI=1S/C18H18F2N2O2/c19-16-7-6-13(10-17(16)20)21-14-8-15(9-14)22-18(23)24-11-12-4-2-1-3-5-12/h1-7,10,14-15,21H,8-9,11H2,(H,22,23). The molecule has 4 nitrogen and oxygen atoms in total. The van der Waals surface area contributed by atoms with Crippen LogP contribution in [0, 0.1) is 11.6 Å². The highest BCUT2D eigenvalue weighted by atomic mass is 19.2. The molecular formula is C18H18F2N2O2. The molecule has 1 aliphatic rings. The second kappa shape index (κ2) is 7.29. The highest BCUT2D eigenvalue weighted by Gasteiger charge is 2.30. The van der Waals surface area contributed by atoms with E-state index in [1.54, 1.807) is 0 Å². The lowest BCUT2D eigenvalue weighted by Gasteiger charge is -2.36. The molecule has 1 saturated carbocycles. The summed E-state index contributed by atoms with van der Waals surface area (Å²) in [4.78, 5) is 11.7. The SMILES string of the molecule is O=C(NC1CC(Nc2ccc(F)c(F)c2)C1)OCc1ccccc1. The number of benzene rings is 2. The van der Waals surface area contributed by atoms with E-state index in [-0.39, 0.29) is 18.7 Å². The predicted molar refractivity (Wildman–Crippen MR) is 86.6 cm³/mol. The minimum Gasteiger partial charge on any atom is -0.445 e. The number of ether oxygens (including phenoxy) is 1. The fraction of sp³-hybridized carbons (Fsp3) is 0.278. The molecule has 1 fully saturated rings. The number of hydrogen-bond acceptors (Lipinski definition) is 3. The van der Waals surface area contributed by atoms with Gasteiger partial charge < -0.3 is 15.4 Å². The van der Waals surface area contributed by atoms with Gasteiger partial charge in [-0.05, 0) is 30.5 Å². The molecule has 0 saturated heterocycles. The maximum atomic E-state index is 13.1. The van der Waals surface area contributed by atoms with Gasteiger partial charge in [-0.25, -0.2) is 13.6 Å². The Morgan fingerprint density at radius 3 is 2.50 bits per heavy atom. The van der Waals surface area contributed by atoms with Crippen molar-refractivity contribution in [3.63, 3.8) is 0 Å². The summed E-state index contributed by atoms with van der Waals surface area (Å²) in [5, 5.41) is 5.90. The van der Waals surface area contributed by atoms with Crippen molar-refractivity contribution in [2.75, 3.05) is 5.32 Å². The molecule has 0 unspecified atom stereocenters. The van der Waals surface area contributed by atoms with Crippen molar-refractivity contribution in [2.45, 2.75) is 31.5 Å². The van der Waals surface area contributed by atoms with Crippen molar-refractivity contribution in [2.24, 2.45) is 0 Å². The normalized spacial score (nSPS) is 19.2. The molecular weight excluding hydrogens is 314 g/mol. The molecule has 126 valence electrons. The summed E-state index contributed by atoms with van der Waals surface area (Å²) in [6, 6.07) is 13.3. The molecule has 2 N–H and O–H groups in total. The molecule has 0 atom stereocenters. The quantitative estimate of drug-likeness (QED) is 0.875. The van der Waals surface area contributed by atoms with Crippen LogP contribution in [0.3, 0.4) is 0 Å². The Morgan fingerprint density at radius 2 is 1.79 bits per heavy atom. The fourth-order valence-corrected chi connectivity index (χ4v) is 2.61. The van der Waals surface area contributed by atoms with E-state index >= 15 is 0 Å². The first-order valence-electron chi connectivity index (χ1n) is 7.79. The second-order valence-electron chi connectivity index (χ2n) is 5.84. The summed E-state index contributed by atoms with van der Waals surface area (Å²) in [6.45, 7) is 0.232. The molecule has 0 bridgehead atoms. The summed E-state index contributed by atoms with van der Waals surface area (Å²) in [5.74, 6) is -1.74. The highest BCUT2D eigenvalue weighted by Crippen LogP contribution is 2.25. The van der Waals surface area contributed by atoms with E-state index in [1.165, 1.54) is 6.07 Å². The number of anilines is 1. The van der Waals surface area contributed by atoms with E-state index < -0.39 is 17.7 Å². The van der Waals surface area contributed by atoms with Gasteiger partial charge in [0.1, 0.15) is 6.61 Å². The molecule has 0 radical (unpaired) electrons. The molecule has 24 heavy (non-hydrogen) atoms. The lowest BCUT2D eigenvalue weighted by atomic mass is 9.86. The molecule has 6 heteroatoms. The topological polar surface area (TPSA) is 50.4 Å². The highest BCUT2D eigenvalue weighted by molar-refractivity contribution is 5.67. The van der Waals surface area contributed by atoms with Gasteiger partial charge in [-0.1, -0.05) is 30.3 Å². The maximum absolute atomic E-state index is 13.1. The van der Waals surface area contributed by atoms with E-state index in [1.807, 2.05) is 30.3 Å². The first kappa shape index (κ1) is 16.2. The number of carbonyl (C=O) groups is 1. The zero-order valence-electron chi connectivity index (χ0n) is 13.0. The van der Waals surface area contributed by atoms with E-state index in [2.05, 4.69) is 10.6 Å². The van der Waals surface area contributed by atoms with Crippen LogP contribution in [0.4, 0.5) is 19.3 Å². The van der Waals surface area contributed by atoms with Crippen LogP contribution in [0.2, 0.25) is 0 Å². The number of amides is 1. The van der Waals surface area contributed by atoms with Crippen molar-refractivity contribution in [3.05, 3.63) is 65.7 Å². The van der Waals surface area contributed by atoms with Gasteiger partial charge in [-0.15, -0.1) is 0 Å². The van der Waals surface area contributed by atoms with Gasteiger partial charge in [0.15, 0.2) is 11.6 Å². The van der Waals surface area contributed by atoms with Gasteiger partial charge in [0, 0.05) is 23.8 Å². The van der Waals surface area contributed by atoms with Crippen LogP contribution >= 0.6 is 0 Å². The number of hydrogen-bond donors (Lipinski definition) is 2. The third kappa shape index (κ3) is 4.22. The van der Waals surface area contributed by atoms with Gasteiger partial charge in [-0.3, -0.25) is 0 Å². The molecule has 0 aromatic heterocycles. The molecule has 0 spiro atoms. The third-order valence-electron chi connectivity index (χ3n) is 3.96. The van der Waals surface area contributed by atoms with Crippen molar-refractivity contribution in [3.8, 4) is 0 Å². The summed E-state index contributed by atoms with van der Waals surface area (Å²) < 4.78 is 31.2. The zero-order chi connectivity index (χ0) is 16.9. The molecule has 0 aliphatic heterocycles. The van der Waals surface area contributed by atoms with Crippen LogP contribution in [0.25, 0.3) is 0 Å². The Balaban J connectivity index is 1.37. The minimum absolute atomic E-state index is 0.0241. The molecule has 3 rings (SSSR count). The molecule has 1 amide bonds. The molecule has 2 aromatic rings. The number of rotatable bonds is 5. The Kier molecular flexibility index (Phi) is 4.93. The summed E-state index contributed by atoms with van der Waals surface area (Å²) in [5.41, 5.74) is 1.46. The van der Waals surface area contributed by atoms with Crippen LogP contribution in [0.5, 0.6) is 0 Å². The average molecular weight is 332 g/mol. The number of halogens is 2. The molecule has 1 aliphatic carbocycles. The largest absolute Gasteiger partial charge is 0.445 e. The summed E-state index contributed by atoms with van der Waals surface area (Å²) in [6.07, 6.45) is 0.967. The van der Waals surface area contributed by atoms with E-state index in [9.17, 15) is 13.6 Å². The maximum Gasteiger partial charge on any atom is 0.407 e.